The summed E-state index contributed by atoms with van der Waals surface area (Å²) in [6, 6.07) is -0.829. The van der Waals surface area contributed by atoms with E-state index in [-0.39, 0.29) is 5.25 Å². The van der Waals surface area contributed by atoms with Gasteiger partial charge in [-0.1, -0.05) is 0 Å². The molecule has 0 bridgehead atoms. The van der Waals surface area contributed by atoms with Crippen LogP contribution in [0.3, 0.4) is 0 Å². The molecule has 0 aromatic carbocycles. The Kier molecular flexibility index (Phi) is 3.64. The number of ether oxygens (including phenoxy) is 1. The lowest BCUT2D eigenvalue weighted by atomic mass is 10.2. The van der Waals surface area contributed by atoms with Crippen LogP contribution in [0, 0.1) is 0 Å². The maximum atomic E-state index is 11.6. The summed E-state index contributed by atoms with van der Waals surface area (Å²) in [4.78, 5) is 11.5. The summed E-state index contributed by atoms with van der Waals surface area (Å²) < 4.78 is 30.5. The van der Waals surface area contributed by atoms with E-state index in [1.54, 1.807) is 20.8 Å². The van der Waals surface area contributed by atoms with Gasteiger partial charge in [-0.05, 0) is 40.5 Å². The van der Waals surface area contributed by atoms with Crippen LogP contribution in [0.4, 0.5) is 0 Å². The summed E-state index contributed by atoms with van der Waals surface area (Å²) in [6.45, 7) is 6.72. The minimum Gasteiger partial charge on any atom is -0.459 e. The first-order valence-corrected chi connectivity index (χ1v) is 6.90. The van der Waals surface area contributed by atoms with Gasteiger partial charge in [0, 0.05) is 0 Å². The third-order valence-corrected chi connectivity index (χ3v) is 4.10. The Morgan fingerprint density at radius 3 is 2.25 bits per heavy atom. The van der Waals surface area contributed by atoms with Crippen molar-refractivity contribution >= 4 is 16.0 Å². The molecule has 1 aliphatic rings. The molecule has 1 saturated carbocycles. The zero-order chi connectivity index (χ0) is 12.6. The number of hydrogen-bond acceptors (Lipinski definition) is 4. The normalized spacial score (nSPS) is 19.2. The van der Waals surface area contributed by atoms with E-state index in [4.69, 9.17) is 4.74 Å². The summed E-state index contributed by atoms with van der Waals surface area (Å²) in [5, 5.41) is -0.322. The molecule has 6 heteroatoms. The lowest BCUT2D eigenvalue weighted by Gasteiger charge is -2.22. The SMILES string of the molecule is C[C@@H](NS(=O)(=O)C1CC1)C(=O)OC(C)(C)C. The van der Waals surface area contributed by atoms with Crippen molar-refractivity contribution in [3.05, 3.63) is 0 Å². The van der Waals surface area contributed by atoms with E-state index in [2.05, 4.69) is 4.72 Å². The maximum absolute atomic E-state index is 11.6. The highest BCUT2D eigenvalue weighted by Crippen LogP contribution is 2.27. The molecule has 1 fully saturated rings. The van der Waals surface area contributed by atoms with Crippen LogP contribution < -0.4 is 4.72 Å². The number of rotatable bonds is 4. The Balaban J connectivity index is 2.52. The number of carbonyl (C=O) groups is 1. The third-order valence-electron chi connectivity index (χ3n) is 2.06. The van der Waals surface area contributed by atoms with Gasteiger partial charge in [0.25, 0.3) is 0 Å². The molecule has 0 spiro atoms. The Hall–Kier alpha value is -0.620. The summed E-state index contributed by atoms with van der Waals surface area (Å²) in [5.41, 5.74) is -0.601. The number of esters is 1. The molecular formula is C10H19NO4S. The fourth-order valence-corrected chi connectivity index (χ4v) is 2.70. The molecule has 0 radical (unpaired) electrons. The van der Waals surface area contributed by atoms with Crippen molar-refractivity contribution in [2.75, 3.05) is 0 Å². The van der Waals surface area contributed by atoms with Crippen LogP contribution in [0.15, 0.2) is 0 Å². The van der Waals surface area contributed by atoms with Gasteiger partial charge >= 0.3 is 5.97 Å². The van der Waals surface area contributed by atoms with E-state index in [1.807, 2.05) is 0 Å². The summed E-state index contributed by atoms with van der Waals surface area (Å²) in [6.07, 6.45) is 1.35. The smallest absolute Gasteiger partial charge is 0.324 e. The van der Waals surface area contributed by atoms with Crippen LogP contribution in [0.1, 0.15) is 40.5 Å². The second kappa shape index (κ2) is 4.33. The average molecular weight is 249 g/mol. The second-order valence-corrected chi connectivity index (χ2v) is 7.11. The van der Waals surface area contributed by atoms with Crippen molar-refractivity contribution in [2.24, 2.45) is 0 Å². The highest BCUT2D eigenvalue weighted by Gasteiger charge is 2.38. The van der Waals surface area contributed by atoms with E-state index in [9.17, 15) is 13.2 Å². The summed E-state index contributed by atoms with van der Waals surface area (Å²) in [7, 11) is -3.34. The van der Waals surface area contributed by atoms with Crippen molar-refractivity contribution in [1.82, 2.24) is 4.72 Å². The molecule has 0 amide bonds. The van der Waals surface area contributed by atoms with Crippen molar-refractivity contribution in [3.63, 3.8) is 0 Å². The molecule has 0 aromatic heterocycles. The summed E-state index contributed by atoms with van der Waals surface area (Å²) >= 11 is 0. The molecule has 0 unspecified atom stereocenters. The lowest BCUT2D eigenvalue weighted by Crippen LogP contribution is -2.43. The molecule has 0 aromatic rings. The first-order valence-electron chi connectivity index (χ1n) is 5.36. The Labute approximate surface area is 96.6 Å². The predicted molar refractivity (Wildman–Crippen MR) is 60.4 cm³/mol. The molecule has 0 saturated heterocycles. The van der Waals surface area contributed by atoms with Gasteiger partial charge in [-0.25, -0.2) is 13.1 Å². The highest BCUT2D eigenvalue weighted by molar-refractivity contribution is 7.90. The first-order chi connectivity index (χ1) is 7.12. The minimum absolute atomic E-state index is 0.322. The van der Waals surface area contributed by atoms with Gasteiger partial charge < -0.3 is 4.74 Å². The largest absolute Gasteiger partial charge is 0.459 e. The molecule has 0 heterocycles. The molecule has 1 rings (SSSR count). The van der Waals surface area contributed by atoms with Gasteiger partial charge in [-0.15, -0.1) is 0 Å². The van der Waals surface area contributed by atoms with E-state index in [1.165, 1.54) is 6.92 Å². The van der Waals surface area contributed by atoms with E-state index < -0.39 is 27.6 Å². The maximum Gasteiger partial charge on any atom is 0.324 e. The Morgan fingerprint density at radius 1 is 1.38 bits per heavy atom. The number of sulfonamides is 1. The van der Waals surface area contributed by atoms with Crippen LogP contribution in [0.2, 0.25) is 0 Å². The monoisotopic (exact) mass is 249 g/mol. The molecule has 16 heavy (non-hydrogen) atoms. The number of carbonyl (C=O) groups excluding carboxylic acids is 1. The zero-order valence-corrected chi connectivity index (χ0v) is 10.9. The quantitative estimate of drug-likeness (QED) is 0.748. The Bertz CT molecular complexity index is 365. The highest BCUT2D eigenvalue weighted by atomic mass is 32.2. The second-order valence-electron chi connectivity index (χ2n) is 5.12. The molecule has 0 aliphatic heterocycles. The van der Waals surface area contributed by atoms with Gasteiger partial charge in [-0.2, -0.15) is 0 Å². The van der Waals surface area contributed by atoms with Gasteiger partial charge in [0.15, 0.2) is 0 Å². The molecule has 1 aliphatic carbocycles. The summed E-state index contributed by atoms with van der Waals surface area (Å²) in [5.74, 6) is -0.545. The molecule has 5 nitrogen and oxygen atoms in total. The van der Waals surface area contributed by atoms with Gasteiger partial charge in [-0.3, -0.25) is 4.79 Å². The Morgan fingerprint density at radius 2 is 1.88 bits per heavy atom. The molecule has 1 atom stereocenters. The zero-order valence-electron chi connectivity index (χ0n) is 10.1. The fourth-order valence-electron chi connectivity index (χ4n) is 1.16. The van der Waals surface area contributed by atoms with Gasteiger partial charge in [0.05, 0.1) is 5.25 Å². The van der Waals surface area contributed by atoms with E-state index >= 15 is 0 Å². The molecular weight excluding hydrogens is 230 g/mol. The van der Waals surface area contributed by atoms with Crippen LogP contribution in [-0.4, -0.2) is 31.3 Å². The van der Waals surface area contributed by atoms with Gasteiger partial charge in [0.1, 0.15) is 11.6 Å². The van der Waals surface area contributed by atoms with Crippen molar-refractivity contribution in [1.29, 1.82) is 0 Å². The fraction of sp³-hybridized carbons (Fsp3) is 0.900. The van der Waals surface area contributed by atoms with Crippen LogP contribution in [-0.2, 0) is 19.6 Å². The topological polar surface area (TPSA) is 72.5 Å². The van der Waals surface area contributed by atoms with Gasteiger partial charge in [0.2, 0.25) is 10.0 Å². The predicted octanol–water partition coefficient (Wildman–Crippen LogP) is 0.798. The standard InChI is InChI=1S/C10H19NO4S/c1-7(9(12)15-10(2,3)4)11-16(13,14)8-5-6-8/h7-8,11H,5-6H2,1-4H3/t7-/m1/s1. The first kappa shape index (κ1) is 13.4. The van der Waals surface area contributed by atoms with E-state index in [0.717, 1.165) is 0 Å². The molecule has 1 N–H and O–H groups in total. The van der Waals surface area contributed by atoms with Crippen molar-refractivity contribution in [2.45, 2.75) is 57.4 Å². The van der Waals surface area contributed by atoms with Crippen LogP contribution in [0.5, 0.6) is 0 Å². The third kappa shape index (κ3) is 4.09. The average Bonchev–Trinajstić information content (AvgIpc) is 2.80. The molecule has 94 valence electrons. The number of hydrogen-bond donors (Lipinski definition) is 1. The van der Waals surface area contributed by atoms with Crippen LogP contribution >= 0.6 is 0 Å². The lowest BCUT2D eigenvalue weighted by molar-refractivity contribution is -0.156. The van der Waals surface area contributed by atoms with E-state index in [0.29, 0.717) is 12.8 Å². The van der Waals surface area contributed by atoms with Crippen molar-refractivity contribution in [3.8, 4) is 0 Å². The van der Waals surface area contributed by atoms with Crippen LogP contribution in [0.25, 0.3) is 0 Å². The van der Waals surface area contributed by atoms with Crippen molar-refractivity contribution < 1.29 is 17.9 Å². The minimum atomic E-state index is -3.34. The number of nitrogens with one attached hydrogen (secondary N) is 1.